The topological polar surface area (TPSA) is 64.3 Å². The quantitative estimate of drug-likeness (QED) is 0.886. The van der Waals surface area contributed by atoms with Crippen molar-refractivity contribution in [3.05, 3.63) is 29.1 Å². The van der Waals surface area contributed by atoms with E-state index in [-0.39, 0.29) is 5.97 Å². The van der Waals surface area contributed by atoms with Gasteiger partial charge in [-0.3, -0.25) is 4.79 Å². The Morgan fingerprint density at radius 3 is 2.41 bits per heavy atom. The van der Waals surface area contributed by atoms with Gasteiger partial charge in [0.15, 0.2) is 0 Å². The van der Waals surface area contributed by atoms with E-state index < -0.39 is 0 Å². The zero-order chi connectivity index (χ0) is 17.3. The number of aromatic nitrogens is 2. The smallest absolute Gasteiger partial charge is 0.310 e. The molecule has 0 amide bonds. The first-order valence-corrected chi connectivity index (χ1v) is 7.53. The maximum Gasteiger partial charge on any atom is 0.310 e. The predicted octanol–water partition coefficient (Wildman–Crippen LogP) is 2.79. The summed E-state index contributed by atoms with van der Waals surface area (Å²) in [7, 11) is 4.39. The second kappa shape index (κ2) is 9.95. The largest absolute Gasteiger partial charge is 0.469 e. The summed E-state index contributed by atoms with van der Waals surface area (Å²) >= 11 is 0. The molecule has 0 radical (unpaired) electrons. The Bertz CT molecular complexity index is 603. The van der Waals surface area contributed by atoms with Crippen molar-refractivity contribution in [2.45, 2.75) is 40.5 Å². The van der Waals surface area contributed by atoms with E-state index in [4.69, 9.17) is 9.84 Å². The van der Waals surface area contributed by atoms with Crippen LogP contribution in [0.25, 0.3) is 11.0 Å². The number of nitrogens with zero attached hydrogens (tertiary/aromatic N) is 2. The van der Waals surface area contributed by atoms with Crippen LogP contribution in [0.2, 0.25) is 0 Å². The highest BCUT2D eigenvalue weighted by molar-refractivity contribution is 5.84. The van der Waals surface area contributed by atoms with E-state index in [9.17, 15) is 4.79 Å². The Balaban J connectivity index is 0.00000102. The normalized spacial score (nSPS) is 9.45. The molecule has 0 aromatic carbocycles. The third-order valence-electron chi connectivity index (χ3n) is 3.34. The summed E-state index contributed by atoms with van der Waals surface area (Å²) in [6, 6.07) is 2.06. The van der Waals surface area contributed by atoms with Crippen molar-refractivity contribution in [3.8, 4) is 0 Å². The van der Waals surface area contributed by atoms with Crippen molar-refractivity contribution in [2.75, 3.05) is 14.2 Å². The van der Waals surface area contributed by atoms with Crippen LogP contribution in [-0.4, -0.2) is 34.8 Å². The number of ether oxygens (including phenoxy) is 1. The fraction of sp³-hybridized carbons (Fsp3) is 0.529. The molecule has 0 aliphatic carbocycles. The van der Waals surface area contributed by atoms with Crippen LogP contribution in [0.5, 0.6) is 0 Å². The summed E-state index contributed by atoms with van der Waals surface area (Å²) in [5.41, 5.74) is 4.08. The molecule has 0 spiro atoms. The number of esters is 1. The number of methoxy groups -OCH3 is 1. The van der Waals surface area contributed by atoms with E-state index in [1.165, 1.54) is 12.7 Å². The van der Waals surface area contributed by atoms with Crippen LogP contribution < -0.4 is 0 Å². The van der Waals surface area contributed by atoms with Crippen LogP contribution in [0.3, 0.4) is 0 Å². The SMILES string of the molecule is CC.CCc1c(CC(=O)OC)c(C)nc2c1ccn2C.CO. The van der Waals surface area contributed by atoms with E-state index in [0.29, 0.717) is 6.42 Å². The minimum absolute atomic E-state index is 0.218. The monoisotopic (exact) mass is 308 g/mol. The third kappa shape index (κ3) is 4.31. The maximum absolute atomic E-state index is 11.5. The lowest BCUT2D eigenvalue weighted by molar-refractivity contribution is -0.139. The molecule has 22 heavy (non-hydrogen) atoms. The molecule has 2 heterocycles. The number of aliphatic hydroxyl groups excluding tert-OH is 1. The molecule has 0 aliphatic rings. The number of rotatable bonds is 3. The lowest BCUT2D eigenvalue weighted by atomic mass is 9.98. The maximum atomic E-state index is 11.5. The Labute approximate surface area is 132 Å². The highest BCUT2D eigenvalue weighted by Gasteiger charge is 2.16. The van der Waals surface area contributed by atoms with E-state index in [1.54, 1.807) is 0 Å². The fourth-order valence-electron chi connectivity index (χ4n) is 2.36. The van der Waals surface area contributed by atoms with Gasteiger partial charge in [0, 0.05) is 31.4 Å². The van der Waals surface area contributed by atoms with E-state index in [0.717, 1.165) is 35.8 Å². The van der Waals surface area contributed by atoms with Gasteiger partial charge in [-0.25, -0.2) is 4.98 Å². The summed E-state index contributed by atoms with van der Waals surface area (Å²) in [5.74, 6) is -0.218. The molecule has 0 aliphatic heterocycles. The number of aliphatic hydroxyl groups is 1. The van der Waals surface area contributed by atoms with Gasteiger partial charge >= 0.3 is 5.97 Å². The summed E-state index contributed by atoms with van der Waals surface area (Å²) in [6.07, 6.45) is 3.18. The molecule has 5 nitrogen and oxygen atoms in total. The highest BCUT2D eigenvalue weighted by Crippen LogP contribution is 2.25. The van der Waals surface area contributed by atoms with Gasteiger partial charge in [0.25, 0.3) is 0 Å². The second-order valence-electron chi connectivity index (χ2n) is 4.42. The first-order chi connectivity index (χ1) is 10.6. The predicted molar refractivity (Wildman–Crippen MR) is 90.0 cm³/mol. The molecule has 2 aromatic rings. The van der Waals surface area contributed by atoms with Gasteiger partial charge in [-0.15, -0.1) is 0 Å². The molecule has 1 N–H and O–H groups in total. The van der Waals surface area contributed by atoms with Gasteiger partial charge in [-0.1, -0.05) is 20.8 Å². The molecule has 5 heteroatoms. The van der Waals surface area contributed by atoms with E-state index in [2.05, 4.69) is 18.0 Å². The van der Waals surface area contributed by atoms with Crippen molar-refractivity contribution < 1.29 is 14.6 Å². The van der Waals surface area contributed by atoms with E-state index >= 15 is 0 Å². The standard InChI is InChI=1S/C14H18N2O2.C2H6.CH4O/c1-5-10-11-6-7-16(3)14(11)15-9(2)12(10)8-13(17)18-4;2*1-2/h6-7H,5,8H2,1-4H3;1-2H3;2H,1H3. The zero-order valence-corrected chi connectivity index (χ0v) is 14.7. The zero-order valence-electron chi connectivity index (χ0n) is 14.7. The van der Waals surface area contributed by atoms with Crippen molar-refractivity contribution >= 4 is 17.0 Å². The number of fused-ring (bicyclic) bond motifs is 1. The minimum Gasteiger partial charge on any atom is -0.469 e. The van der Waals surface area contributed by atoms with Gasteiger partial charge < -0.3 is 14.4 Å². The summed E-state index contributed by atoms with van der Waals surface area (Å²) in [6.45, 7) is 8.05. The molecule has 0 saturated carbocycles. The Kier molecular flexibility index (Phi) is 9.10. The van der Waals surface area contributed by atoms with Crippen LogP contribution in [0.15, 0.2) is 12.3 Å². The van der Waals surface area contributed by atoms with Crippen molar-refractivity contribution in [3.63, 3.8) is 0 Å². The van der Waals surface area contributed by atoms with Gasteiger partial charge in [0.1, 0.15) is 5.65 Å². The second-order valence-corrected chi connectivity index (χ2v) is 4.42. The Morgan fingerprint density at radius 2 is 1.91 bits per heavy atom. The number of pyridine rings is 1. The average Bonchev–Trinajstić information content (AvgIpc) is 2.92. The average molecular weight is 308 g/mol. The molecule has 0 saturated heterocycles. The molecule has 2 aromatic heterocycles. The summed E-state index contributed by atoms with van der Waals surface area (Å²) < 4.78 is 6.76. The Morgan fingerprint density at radius 1 is 1.32 bits per heavy atom. The van der Waals surface area contributed by atoms with Crippen molar-refractivity contribution in [2.24, 2.45) is 7.05 Å². The van der Waals surface area contributed by atoms with Gasteiger partial charge in [-0.2, -0.15) is 0 Å². The number of hydrogen-bond donors (Lipinski definition) is 1. The van der Waals surface area contributed by atoms with Gasteiger partial charge in [0.2, 0.25) is 0 Å². The van der Waals surface area contributed by atoms with Crippen LogP contribution in [-0.2, 0) is 29.4 Å². The lowest BCUT2D eigenvalue weighted by Gasteiger charge is -2.12. The molecule has 0 unspecified atom stereocenters. The third-order valence-corrected chi connectivity index (χ3v) is 3.34. The number of aryl methyl sites for hydroxylation is 3. The van der Waals surface area contributed by atoms with Crippen LogP contribution in [0.4, 0.5) is 0 Å². The molecule has 0 atom stereocenters. The molecule has 124 valence electrons. The molecule has 0 fully saturated rings. The molecular weight excluding hydrogens is 280 g/mol. The van der Waals surface area contributed by atoms with E-state index in [1.807, 2.05) is 38.6 Å². The summed E-state index contributed by atoms with van der Waals surface area (Å²) in [4.78, 5) is 16.1. The highest BCUT2D eigenvalue weighted by atomic mass is 16.5. The summed E-state index contributed by atoms with van der Waals surface area (Å²) in [5, 5.41) is 8.13. The van der Waals surface area contributed by atoms with Crippen molar-refractivity contribution in [1.82, 2.24) is 9.55 Å². The van der Waals surface area contributed by atoms with Crippen LogP contribution in [0, 0.1) is 6.92 Å². The molecule has 0 bridgehead atoms. The van der Waals surface area contributed by atoms with Crippen molar-refractivity contribution in [1.29, 1.82) is 0 Å². The number of carbonyl (C=O) groups is 1. The van der Waals surface area contributed by atoms with Gasteiger partial charge in [-0.05, 0) is 30.5 Å². The number of hydrogen-bond acceptors (Lipinski definition) is 4. The number of carbonyl (C=O) groups excluding carboxylic acids is 1. The lowest BCUT2D eigenvalue weighted by Crippen LogP contribution is -2.10. The van der Waals surface area contributed by atoms with Crippen LogP contribution in [0.1, 0.15) is 37.6 Å². The molecular formula is C17H28N2O3. The fourth-order valence-corrected chi connectivity index (χ4v) is 2.36. The van der Waals surface area contributed by atoms with Gasteiger partial charge in [0.05, 0.1) is 13.5 Å². The van der Waals surface area contributed by atoms with Crippen LogP contribution >= 0.6 is 0 Å². The molecule has 2 rings (SSSR count). The minimum atomic E-state index is -0.218. The Hall–Kier alpha value is -1.88. The first kappa shape index (κ1) is 20.1. The first-order valence-electron chi connectivity index (χ1n) is 7.53.